The van der Waals surface area contributed by atoms with E-state index in [0.29, 0.717) is 18.0 Å². The van der Waals surface area contributed by atoms with Crippen LogP contribution in [0.25, 0.3) is 0 Å². The first-order valence-corrected chi connectivity index (χ1v) is 5.41. The molecule has 2 aliphatic rings. The Morgan fingerprint density at radius 2 is 2.29 bits per heavy atom. The highest BCUT2D eigenvalue weighted by Gasteiger charge is 2.36. The van der Waals surface area contributed by atoms with Crippen LogP contribution in [-0.4, -0.2) is 36.5 Å². The highest BCUT2D eigenvalue weighted by atomic mass is 16.6. The van der Waals surface area contributed by atoms with Gasteiger partial charge in [-0.15, -0.1) is 0 Å². The van der Waals surface area contributed by atoms with Gasteiger partial charge in [0.15, 0.2) is 0 Å². The number of hydrogen-bond acceptors (Lipinski definition) is 3. The highest BCUT2D eigenvalue weighted by Crippen LogP contribution is 2.27. The van der Waals surface area contributed by atoms with Gasteiger partial charge in [-0.2, -0.15) is 5.48 Å². The third kappa shape index (κ3) is 1.77. The number of carbonyl (C=O) groups is 1. The summed E-state index contributed by atoms with van der Waals surface area (Å²) in [6.45, 7) is 0.936. The van der Waals surface area contributed by atoms with Crippen molar-refractivity contribution in [2.24, 2.45) is 0 Å². The van der Waals surface area contributed by atoms with Gasteiger partial charge < -0.3 is 9.74 Å². The van der Waals surface area contributed by atoms with Crippen LogP contribution < -0.4 is 5.48 Å². The number of rotatable bonds is 2. The standard InChI is InChI=1S/C10H18N2O2/c1-14-11-8-4-3-7-12-9(8)5-2-6-10(12)13/h8-9,11H,2-7H2,1H3/t8-,9-/m0/s1. The third-order valence-electron chi connectivity index (χ3n) is 3.26. The van der Waals surface area contributed by atoms with Crippen molar-refractivity contribution in [3.8, 4) is 0 Å². The van der Waals surface area contributed by atoms with E-state index in [-0.39, 0.29) is 0 Å². The lowest BCUT2D eigenvalue weighted by atomic mass is 9.89. The van der Waals surface area contributed by atoms with E-state index in [4.69, 9.17) is 4.84 Å². The second-order valence-corrected chi connectivity index (χ2v) is 4.12. The van der Waals surface area contributed by atoms with Crippen molar-refractivity contribution < 1.29 is 9.63 Å². The lowest BCUT2D eigenvalue weighted by molar-refractivity contribution is -0.140. The van der Waals surface area contributed by atoms with E-state index < -0.39 is 0 Å². The zero-order valence-corrected chi connectivity index (χ0v) is 8.66. The van der Waals surface area contributed by atoms with Crippen LogP contribution in [0.15, 0.2) is 0 Å². The molecule has 80 valence electrons. The Kier molecular flexibility index (Phi) is 3.03. The van der Waals surface area contributed by atoms with Crippen LogP contribution in [0.1, 0.15) is 32.1 Å². The van der Waals surface area contributed by atoms with Gasteiger partial charge in [-0.1, -0.05) is 0 Å². The lowest BCUT2D eigenvalue weighted by Gasteiger charge is -2.43. The van der Waals surface area contributed by atoms with Gasteiger partial charge >= 0.3 is 0 Å². The molecule has 0 aromatic heterocycles. The molecule has 1 amide bonds. The van der Waals surface area contributed by atoms with E-state index in [1.807, 2.05) is 4.90 Å². The fourth-order valence-electron chi connectivity index (χ4n) is 2.62. The highest BCUT2D eigenvalue weighted by molar-refractivity contribution is 5.77. The Balaban J connectivity index is 2.04. The Hall–Kier alpha value is -0.610. The molecule has 0 spiro atoms. The maximum Gasteiger partial charge on any atom is 0.222 e. The van der Waals surface area contributed by atoms with Crippen LogP contribution in [0, 0.1) is 0 Å². The molecule has 2 heterocycles. The van der Waals surface area contributed by atoms with Gasteiger partial charge in [-0.05, 0) is 25.7 Å². The van der Waals surface area contributed by atoms with Gasteiger partial charge in [0, 0.05) is 19.0 Å². The third-order valence-corrected chi connectivity index (χ3v) is 3.26. The first-order chi connectivity index (χ1) is 6.83. The molecule has 0 radical (unpaired) electrons. The monoisotopic (exact) mass is 198 g/mol. The number of piperidine rings is 2. The maximum absolute atomic E-state index is 11.6. The first kappa shape index (κ1) is 9.93. The molecule has 0 aromatic rings. The smallest absolute Gasteiger partial charge is 0.222 e. The summed E-state index contributed by atoms with van der Waals surface area (Å²) in [5.41, 5.74) is 3.01. The van der Waals surface area contributed by atoms with E-state index in [1.54, 1.807) is 7.11 Å². The number of hydrogen-bond donors (Lipinski definition) is 1. The molecule has 0 aliphatic carbocycles. The summed E-state index contributed by atoms with van der Waals surface area (Å²) in [7, 11) is 1.64. The van der Waals surface area contributed by atoms with Crippen LogP contribution in [0.2, 0.25) is 0 Å². The Morgan fingerprint density at radius 1 is 1.43 bits per heavy atom. The molecule has 2 fully saturated rings. The summed E-state index contributed by atoms with van der Waals surface area (Å²) in [5, 5.41) is 0. The SMILES string of the molecule is CON[C@H]1CCCN2C(=O)CCC[C@@H]12. The fourth-order valence-corrected chi connectivity index (χ4v) is 2.62. The van der Waals surface area contributed by atoms with Crippen molar-refractivity contribution >= 4 is 5.91 Å². The van der Waals surface area contributed by atoms with E-state index >= 15 is 0 Å². The zero-order valence-electron chi connectivity index (χ0n) is 8.66. The van der Waals surface area contributed by atoms with Crippen LogP contribution in [-0.2, 0) is 9.63 Å². The molecule has 2 aliphatic heterocycles. The maximum atomic E-state index is 11.6. The number of hydroxylamine groups is 1. The van der Waals surface area contributed by atoms with Crippen molar-refractivity contribution in [3.63, 3.8) is 0 Å². The van der Waals surface area contributed by atoms with Crippen molar-refractivity contribution in [3.05, 3.63) is 0 Å². The molecule has 2 atom stereocenters. The number of nitrogens with one attached hydrogen (secondary N) is 1. The average molecular weight is 198 g/mol. The normalized spacial score (nSPS) is 32.9. The summed E-state index contributed by atoms with van der Waals surface area (Å²) < 4.78 is 0. The Bertz CT molecular complexity index is 218. The van der Waals surface area contributed by atoms with E-state index in [0.717, 1.165) is 38.6 Å². The summed E-state index contributed by atoms with van der Waals surface area (Å²) in [6, 6.07) is 0.697. The molecule has 0 bridgehead atoms. The molecule has 2 rings (SSSR count). The Morgan fingerprint density at radius 3 is 3.07 bits per heavy atom. The number of fused-ring (bicyclic) bond motifs is 1. The van der Waals surface area contributed by atoms with E-state index in [1.165, 1.54) is 0 Å². The van der Waals surface area contributed by atoms with Gasteiger partial charge in [-0.25, -0.2) is 0 Å². The molecule has 4 heteroatoms. The number of carbonyl (C=O) groups excluding carboxylic acids is 1. The van der Waals surface area contributed by atoms with Crippen molar-refractivity contribution in [2.45, 2.75) is 44.2 Å². The second-order valence-electron chi connectivity index (χ2n) is 4.12. The Labute approximate surface area is 84.6 Å². The predicted molar refractivity (Wildman–Crippen MR) is 52.5 cm³/mol. The number of nitrogens with zero attached hydrogens (tertiary/aromatic N) is 1. The summed E-state index contributed by atoms with van der Waals surface area (Å²) >= 11 is 0. The molecular formula is C10H18N2O2. The minimum atomic E-state index is 0.323. The summed E-state index contributed by atoms with van der Waals surface area (Å²) in [5.74, 6) is 0.323. The van der Waals surface area contributed by atoms with Crippen LogP contribution in [0.5, 0.6) is 0 Å². The van der Waals surface area contributed by atoms with Crippen LogP contribution in [0.3, 0.4) is 0 Å². The number of amides is 1. The topological polar surface area (TPSA) is 41.6 Å². The zero-order chi connectivity index (χ0) is 9.97. The molecule has 0 unspecified atom stereocenters. The van der Waals surface area contributed by atoms with Gasteiger partial charge in [0.25, 0.3) is 0 Å². The van der Waals surface area contributed by atoms with Gasteiger partial charge in [0.05, 0.1) is 13.2 Å². The predicted octanol–water partition coefficient (Wildman–Crippen LogP) is 0.681. The fraction of sp³-hybridized carbons (Fsp3) is 0.900. The molecular weight excluding hydrogens is 180 g/mol. The molecule has 14 heavy (non-hydrogen) atoms. The quantitative estimate of drug-likeness (QED) is 0.663. The van der Waals surface area contributed by atoms with E-state index in [9.17, 15) is 4.79 Å². The van der Waals surface area contributed by atoms with Crippen molar-refractivity contribution in [1.29, 1.82) is 0 Å². The lowest BCUT2D eigenvalue weighted by Crippen LogP contribution is -2.57. The minimum Gasteiger partial charge on any atom is -0.338 e. The largest absolute Gasteiger partial charge is 0.338 e. The van der Waals surface area contributed by atoms with Crippen molar-refractivity contribution in [2.75, 3.05) is 13.7 Å². The van der Waals surface area contributed by atoms with Crippen LogP contribution >= 0.6 is 0 Å². The van der Waals surface area contributed by atoms with Gasteiger partial charge in [0.2, 0.25) is 5.91 Å². The average Bonchev–Trinajstić information content (AvgIpc) is 2.20. The van der Waals surface area contributed by atoms with Gasteiger partial charge in [-0.3, -0.25) is 4.79 Å². The van der Waals surface area contributed by atoms with Crippen LogP contribution in [0.4, 0.5) is 0 Å². The second kappa shape index (κ2) is 4.28. The molecule has 0 saturated carbocycles. The minimum absolute atomic E-state index is 0.323. The summed E-state index contributed by atoms with van der Waals surface area (Å²) in [4.78, 5) is 18.6. The first-order valence-electron chi connectivity index (χ1n) is 5.41. The molecule has 4 nitrogen and oxygen atoms in total. The molecule has 2 saturated heterocycles. The van der Waals surface area contributed by atoms with Crippen molar-refractivity contribution in [1.82, 2.24) is 10.4 Å². The molecule has 1 N–H and O–H groups in total. The van der Waals surface area contributed by atoms with Gasteiger partial charge in [0.1, 0.15) is 0 Å². The molecule has 0 aromatic carbocycles. The summed E-state index contributed by atoms with van der Waals surface area (Å²) in [6.07, 6.45) is 5.08. The van der Waals surface area contributed by atoms with E-state index in [2.05, 4.69) is 5.48 Å².